The van der Waals surface area contributed by atoms with E-state index in [1.54, 1.807) is 0 Å². The van der Waals surface area contributed by atoms with Crippen molar-refractivity contribution in [1.82, 2.24) is 0 Å². The lowest BCUT2D eigenvalue weighted by atomic mass is 10.0. The van der Waals surface area contributed by atoms with Crippen molar-refractivity contribution in [2.24, 2.45) is 11.7 Å². The number of nitrogens with two attached hydrogens (primary N) is 1. The minimum atomic E-state index is 0.280. The molecule has 12 heavy (non-hydrogen) atoms. The molecule has 1 aliphatic carbocycles. The van der Waals surface area contributed by atoms with Gasteiger partial charge in [-0.2, -0.15) is 0 Å². The fourth-order valence-electron chi connectivity index (χ4n) is 1.41. The second-order valence-electron chi connectivity index (χ2n) is 3.41. The van der Waals surface area contributed by atoms with E-state index in [2.05, 4.69) is 46.9 Å². The summed E-state index contributed by atoms with van der Waals surface area (Å²) in [4.78, 5) is 0. The van der Waals surface area contributed by atoms with Gasteiger partial charge in [0.15, 0.2) is 0 Å². The molecule has 1 atom stereocenters. The van der Waals surface area contributed by atoms with Crippen molar-refractivity contribution >= 4 is 22.6 Å². The predicted octanol–water partition coefficient (Wildman–Crippen LogP) is 2.70. The van der Waals surface area contributed by atoms with E-state index in [0.29, 0.717) is 0 Å². The first kappa shape index (κ1) is 8.51. The highest BCUT2D eigenvalue weighted by molar-refractivity contribution is 14.1. The molecule has 1 aromatic rings. The highest BCUT2D eigenvalue weighted by atomic mass is 127. The van der Waals surface area contributed by atoms with Crippen LogP contribution in [0.25, 0.3) is 0 Å². The van der Waals surface area contributed by atoms with Crippen molar-refractivity contribution in [3.8, 4) is 0 Å². The number of benzene rings is 1. The largest absolute Gasteiger partial charge is 0.324 e. The Labute approximate surface area is 86.5 Å². The third-order valence-electron chi connectivity index (χ3n) is 2.38. The van der Waals surface area contributed by atoms with Gasteiger partial charge in [0.25, 0.3) is 0 Å². The van der Waals surface area contributed by atoms with Crippen molar-refractivity contribution < 1.29 is 0 Å². The molecule has 0 unspecified atom stereocenters. The third kappa shape index (κ3) is 1.80. The SMILES string of the molecule is N[C@@H](c1ccc(I)cc1)C1CC1. The van der Waals surface area contributed by atoms with Crippen LogP contribution in [0.5, 0.6) is 0 Å². The first-order chi connectivity index (χ1) is 5.77. The Morgan fingerprint density at radius 1 is 1.25 bits per heavy atom. The van der Waals surface area contributed by atoms with E-state index in [1.165, 1.54) is 22.0 Å². The molecule has 1 aromatic carbocycles. The molecule has 1 fully saturated rings. The predicted molar refractivity (Wildman–Crippen MR) is 58.8 cm³/mol. The van der Waals surface area contributed by atoms with Crippen LogP contribution in [0.2, 0.25) is 0 Å². The third-order valence-corrected chi connectivity index (χ3v) is 3.10. The maximum atomic E-state index is 6.05. The summed E-state index contributed by atoms with van der Waals surface area (Å²) in [5.74, 6) is 0.755. The van der Waals surface area contributed by atoms with E-state index in [9.17, 15) is 0 Å². The van der Waals surface area contributed by atoms with Crippen LogP contribution in [0, 0.1) is 9.49 Å². The normalized spacial score (nSPS) is 19.2. The lowest BCUT2D eigenvalue weighted by Gasteiger charge is -2.09. The topological polar surface area (TPSA) is 26.0 Å². The van der Waals surface area contributed by atoms with Gasteiger partial charge in [-0.3, -0.25) is 0 Å². The zero-order valence-electron chi connectivity index (χ0n) is 6.83. The molecule has 0 aliphatic heterocycles. The van der Waals surface area contributed by atoms with Gasteiger partial charge < -0.3 is 5.73 Å². The Balaban J connectivity index is 2.16. The van der Waals surface area contributed by atoms with Crippen molar-refractivity contribution in [1.29, 1.82) is 0 Å². The molecular formula is C10H12IN. The maximum Gasteiger partial charge on any atom is 0.0323 e. The first-order valence-corrected chi connectivity index (χ1v) is 5.36. The van der Waals surface area contributed by atoms with E-state index < -0.39 is 0 Å². The van der Waals surface area contributed by atoms with Gasteiger partial charge in [-0.25, -0.2) is 0 Å². The molecule has 2 rings (SSSR count). The summed E-state index contributed by atoms with van der Waals surface area (Å²) < 4.78 is 1.28. The molecule has 1 aliphatic rings. The number of hydrogen-bond donors (Lipinski definition) is 1. The van der Waals surface area contributed by atoms with Crippen LogP contribution in [0.3, 0.4) is 0 Å². The highest BCUT2D eigenvalue weighted by Gasteiger charge is 2.29. The second kappa shape index (κ2) is 3.34. The molecule has 0 spiro atoms. The second-order valence-corrected chi connectivity index (χ2v) is 4.66. The summed E-state index contributed by atoms with van der Waals surface area (Å²) in [5.41, 5.74) is 7.34. The van der Waals surface area contributed by atoms with Gasteiger partial charge in [0, 0.05) is 9.61 Å². The van der Waals surface area contributed by atoms with Gasteiger partial charge in [0.1, 0.15) is 0 Å². The Morgan fingerprint density at radius 2 is 1.83 bits per heavy atom. The average Bonchev–Trinajstić information content (AvgIpc) is 2.87. The van der Waals surface area contributed by atoms with Gasteiger partial charge in [-0.05, 0) is 59.0 Å². The van der Waals surface area contributed by atoms with Gasteiger partial charge in [-0.15, -0.1) is 0 Å². The van der Waals surface area contributed by atoms with Crippen LogP contribution < -0.4 is 5.73 Å². The van der Waals surface area contributed by atoms with E-state index in [0.717, 1.165) is 5.92 Å². The van der Waals surface area contributed by atoms with Gasteiger partial charge in [0.05, 0.1) is 0 Å². The quantitative estimate of drug-likeness (QED) is 0.824. The molecule has 0 radical (unpaired) electrons. The summed E-state index contributed by atoms with van der Waals surface area (Å²) in [6.45, 7) is 0. The summed E-state index contributed by atoms with van der Waals surface area (Å²) in [5, 5.41) is 0. The van der Waals surface area contributed by atoms with E-state index in [-0.39, 0.29) is 6.04 Å². The Morgan fingerprint density at radius 3 is 2.33 bits per heavy atom. The zero-order valence-corrected chi connectivity index (χ0v) is 8.99. The fourth-order valence-corrected chi connectivity index (χ4v) is 1.77. The van der Waals surface area contributed by atoms with Crippen LogP contribution in [-0.2, 0) is 0 Å². The summed E-state index contributed by atoms with van der Waals surface area (Å²) in [6.07, 6.45) is 2.63. The molecule has 2 N–H and O–H groups in total. The van der Waals surface area contributed by atoms with Crippen LogP contribution >= 0.6 is 22.6 Å². The van der Waals surface area contributed by atoms with Crippen LogP contribution in [0.15, 0.2) is 24.3 Å². The van der Waals surface area contributed by atoms with Crippen molar-refractivity contribution in [3.63, 3.8) is 0 Å². The van der Waals surface area contributed by atoms with Crippen molar-refractivity contribution in [2.75, 3.05) is 0 Å². The number of hydrogen-bond acceptors (Lipinski definition) is 1. The molecular weight excluding hydrogens is 261 g/mol. The monoisotopic (exact) mass is 273 g/mol. The molecule has 0 amide bonds. The van der Waals surface area contributed by atoms with Gasteiger partial charge in [0.2, 0.25) is 0 Å². The molecule has 0 bridgehead atoms. The van der Waals surface area contributed by atoms with E-state index >= 15 is 0 Å². The van der Waals surface area contributed by atoms with E-state index in [1.807, 2.05) is 0 Å². The van der Waals surface area contributed by atoms with Crippen molar-refractivity contribution in [2.45, 2.75) is 18.9 Å². The first-order valence-electron chi connectivity index (χ1n) is 4.28. The smallest absolute Gasteiger partial charge is 0.0323 e. The Bertz CT molecular complexity index is 264. The fraction of sp³-hybridized carbons (Fsp3) is 0.400. The maximum absolute atomic E-state index is 6.05. The van der Waals surface area contributed by atoms with E-state index in [4.69, 9.17) is 5.73 Å². The van der Waals surface area contributed by atoms with Crippen LogP contribution in [-0.4, -0.2) is 0 Å². The molecule has 0 aromatic heterocycles. The minimum Gasteiger partial charge on any atom is -0.324 e. The van der Waals surface area contributed by atoms with Crippen molar-refractivity contribution in [3.05, 3.63) is 33.4 Å². The average molecular weight is 273 g/mol. The Hall–Kier alpha value is -0.0900. The van der Waals surface area contributed by atoms with Crippen LogP contribution in [0.1, 0.15) is 24.4 Å². The summed E-state index contributed by atoms with van der Waals surface area (Å²) in [7, 11) is 0. The molecule has 64 valence electrons. The standard InChI is InChI=1S/C10H12IN/c11-9-5-3-8(4-6-9)10(12)7-1-2-7/h3-7,10H,1-2,12H2/t10-/m1/s1. The molecule has 0 saturated heterocycles. The number of rotatable bonds is 2. The molecule has 1 saturated carbocycles. The molecule has 0 heterocycles. The van der Waals surface area contributed by atoms with Crippen LogP contribution in [0.4, 0.5) is 0 Å². The zero-order chi connectivity index (χ0) is 8.55. The number of halogens is 1. The molecule has 2 heteroatoms. The van der Waals surface area contributed by atoms with Gasteiger partial charge in [-0.1, -0.05) is 12.1 Å². The molecule has 1 nitrogen and oxygen atoms in total. The highest BCUT2D eigenvalue weighted by Crippen LogP contribution is 2.39. The summed E-state index contributed by atoms with van der Waals surface area (Å²) in [6, 6.07) is 8.81. The lowest BCUT2D eigenvalue weighted by molar-refractivity contribution is 0.633. The lowest BCUT2D eigenvalue weighted by Crippen LogP contribution is -2.11. The minimum absolute atomic E-state index is 0.280. The Kier molecular flexibility index (Phi) is 2.37. The van der Waals surface area contributed by atoms with Gasteiger partial charge >= 0.3 is 0 Å². The summed E-state index contributed by atoms with van der Waals surface area (Å²) >= 11 is 2.31.